The van der Waals surface area contributed by atoms with Crippen LogP contribution in [0.4, 0.5) is 10.6 Å². The van der Waals surface area contributed by atoms with Crippen molar-refractivity contribution in [3.05, 3.63) is 12.3 Å². The molecular weight excluding hydrogens is 194 g/mol. The Kier molecular flexibility index (Phi) is 2.17. The molecule has 0 unspecified atom stereocenters. The third kappa shape index (κ3) is 1.95. The molecule has 0 N–H and O–H groups in total. The minimum Gasteiger partial charge on any atom is -0.443 e. The summed E-state index contributed by atoms with van der Waals surface area (Å²) < 4.78 is 7.09. The fourth-order valence-corrected chi connectivity index (χ4v) is 1.54. The molecule has 15 heavy (non-hydrogen) atoms. The van der Waals surface area contributed by atoms with Crippen molar-refractivity contribution in [1.82, 2.24) is 9.78 Å². The van der Waals surface area contributed by atoms with Gasteiger partial charge in [0.25, 0.3) is 0 Å². The van der Waals surface area contributed by atoms with Gasteiger partial charge >= 0.3 is 6.09 Å². The van der Waals surface area contributed by atoms with Crippen LogP contribution in [0, 0.1) is 0 Å². The molecule has 0 spiro atoms. The molecule has 0 bridgehead atoms. The molecule has 0 radical (unpaired) electrons. The Morgan fingerprint density at radius 3 is 2.87 bits per heavy atom. The first-order valence-electron chi connectivity index (χ1n) is 5.00. The molecule has 0 saturated heterocycles. The highest BCUT2D eigenvalue weighted by Crippen LogP contribution is 2.22. The van der Waals surface area contributed by atoms with Gasteiger partial charge in [0.2, 0.25) is 0 Å². The van der Waals surface area contributed by atoms with Gasteiger partial charge < -0.3 is 4.74 Å². The van der Waals surface area contributed by atoms with Crippen LogP contribution in [0.5, 0.6) is 0 Å². The van der Waals surface area contributed by atoms with Crippen molar-refractivity contribution in [2.75, 3.05) is 11.4 Å². The summed E-state index contributed by atoms with van der Waals surface area (Å²) in [6.07, 6.45) is 1.38. The first-order chi connectivity index (χ1) is 6.97. The number of nitrogens with zero attached hydrogens (tertiary/aromatic N) is 3. The van der Waals surface area contributed by atoms with Crippen LogP contribution in [0.1, 0.15) is 20.8 Å². The molecule has 0 aliphatic carbocycles. The highest BCUT2D eigenvalue weighted by Gasteiger charge is 2.29. The summed E-state index contributed by atoms with van der Waals surface area (Å²) in [5, 5.41) is 4.09. The molecule has 1 amide bonds. The van der Waals surface area contributed by atoms with Crippen LogP contribution >= 0.6 is 0 Å². The molecule has 5 nitrogen and oxygen atoms in total. The van der Waals surface area contributed by atoms with Gasteiger partial charge in [-0.15, -0.1) is 0 Å². The van der Waals surface area contributed by atoms with E-state index < -0.39 is 5.60 Å². The number of aromatic nitrogens is 2. The Morgan fingerprint density at radius 1 is 1.47 bits per heavy atom. The maximum Gasteiger partial charge on any atom is 0.416 e. The van der Waals surface area contributed by atoms with Gasteiger partial charge in [-0.25, -0.2) is 9.48 Å². The van der Waals surface area contributed by atoms with E-state index in [0.29, 0.717) is 6.54 Å². The molecule has 1 aliphatic heterocycles. The summed E-state index contributed by atoms with van der Waals surface area (Å²) in [4.78, 5) is 13.4. The molecule has 0 atom stereocenters. The Balaban J connectivity index is 2.11. The van der Waals surface area contributed by atoms with E-state index in [0.717, 1.165) is 12.4 Å². The number of fused-ring (bicyclic) bond motifs is 1. The topological polar surface area (TPSA) is 47.4 Å². The molecule has 1 aromatic heterocycles. The zero-order chi connectivity index (χ0) is 11.1. The van der Waals surface area contributed by atoms with Crippen LogP contribution in [-0.4, -0.2) is 28.0 Å². The van der Waals surface area contributed by atoms with Crippen molar-refractivity contribution in [2.45, 2.75) is 32.9 Å². The minimum absolute atomic E-state index is 0.304. The third-order valence-corrected chi connectivity index (χ3v) is 2.12. The van der Waals surface area contributed by atoms with Crippen molar-refractivity contribution in [3.8, 4) is 0 Å². The highest BCUT2D eigenvalue weighted by atomic mass is 16.6. The average molecular weight is 209 g/mol. The van der Waals surface area contributed by atoms with Crippen molar-refractivity contribution in [1.29, 1.82) is 0 Å². The van der Waals surface area contributed by atoms with E-state index in [2.05, 4.69) is 5.10 Å². The number of anilines is 1. The molecular formula is C10H15N3O2. The van der Waals surface area contributed by atoms with Gasteiger partial charge in [-0.2, -0.15) is 5.10 Å². The summed E-state index contributed by atoms with van der Waals surface area (Å²) in [6, 6.07) is 1.82. The van der Waals surface area contributed by atoms with Gasteiger partial charge in [0.1, 0.15) is 11.4 Å². The summed E-state index contributed by atoms with van der Waals surface area (Å²) in [5.41, 5.74) is -0.454. The highest BCUT2D eigenvalue weighted by molar-refractivity contribution is 5.87. The largest absolute Gasteiger partial charge is 0.443 e. The smallest absolute Gasteiger partial charge is 0.416 e. The summed E-state index contributed by atoms with van der Waals surface area (Å²) >= 11 is 0. The first-order valence-corrected chi connectivity index (χ1v) is 5.00. The number of ether oxygens (including phenoxy) is 1. The molecule has 5 heteroatoms. The second-order valence-corrected chi connectivity index (χ2v) is 4.54. The first kappa shape index (κ1) is 10.0. The van der Waals surface area contributed by atoms with Crippen molar-refractivity contribution in [2.24, 2.45) is 0 Å². The fourth-order valence-electron chi connectivity index (χ4n) is 1.54. The number of hydrogen-bond acceptors (Lipinski definition) is 3. The van der Waals surface area contributed by atoms with E-state index in [-0.39, 0.29) is 6.09 Å². The van der Waals surface area contributed by atoms with E-state index in [1.807, 2.05) is 26.8 Å². The lowest BCUT2D eigenvalue weighted by molar-refractivity contribution is 0.0584. The number of carbonyl (C=O) groups excluding carboxylic acids is 1. The van der Waals surface area contributed by atoms with E-state index >= 15 is 0 Å². The van der Waals surface area contributed by atoms with E-state index in [1.165, 1.54) is 0 Å². The number of rotatable bonds is 0. The molecule has 0 aromatic carbocycles. The van der Waals surface area contributed by atoms with Crippen LogP contribution < -0.4 is 4.90 Å². The Bertz CT molecular complexity index is 378. The Labute approximate surface area is 88.6 Å². The lowest BCUT2D eigenvalue weighted by Crippen LogP contribution is -2.35. The molecule has 2 heterocycles. The van der Waals surface area contributed by atoms with Crippen LogP contribution in [0.3, 0.4) is 0 Å². The monoisotopic (exact) mass is 209 g/mol. The second-order valence-electron chi connectivity index (χ2n) is 4.54. The quantitative estimate of drug-likeness (QED) is 0.652. The molecule has 0 saturated carbocycles. The fraction of sp³-hybridized carbons (Fsp3) is 0.600. The zero-order valence-electron chi connectivity index (χ0n) is 9.23. The van der Waals surface area contributed by atoms with E-state index in [1.54, 1.807) is 15.8 Å². The predicted molar refractivity (Wildman–Crippen MR) is 55.8 cm³/mol. The number of amides is 1. The van der Waals surface area contributed by atoms with Crippen LogP contribution in [-0.2, 0) is 11.3 Å². The maximum atomic E-state index is 11.8. The zero-order valence-corrected chi connectivity index (χ0v) is 9.23. The number of hydrogen-bond donors (Lipinski definition) is 0. The van der Waals surface area contributed by atoms with Crippen molar-refractivity contribution >= 4 is 11.9 Å². The summed E-state index contributed by atoms with van der Waals surface area (Å²) in [5.74, 6) is 0.809. The summed E-state index contributed by atoms with van der Waals surface area (Å²) in [6.45, 7) is 6.95. The van der Waals surface area contributed by atoms with E-state index in [9.17, 15) is 4.79 Å². The molecule has 0 fully saturated rings. The second kappa shape index (κ2) is 3.25. The van der Waals surface area contributed by atoms with Crippen molar-refractivity contribution < 1.29 is 9.53 Å². The van der Waals surface area contributed by atoms with Crippen LogP contribution in [0.25, 0.3) is 0 Å². The maximum absolute atomic E-state index is 11.8. The average Bonchev–Trinajstić information content (AvgIpc) is 2.57. The third-order valence-electron chi connectivity index (χ3n) is 2.12. The van der Waals surface area contributed by atoms with Crippen LogP contribution in [0.2, 0.25) is 0 Å². The lowest BCUT2D eigenvalue weighted by atomic mass is 10.2. The SMILES string of the molecule is CC(C)(C)OC(=O)N1CCn2nccc21. The molecule has 1 aromatic rings. The molecule has 2 rings (SSSR count). The van der Waals surface area contributed by atoms with E-state index in [4.69, 9.17) is 4.74 Å². The Hall–Kier alpha value is -1.52. The van der Waals surface area contributed by atoms with Gasteiger partial charge in [-0.05, 0) is 20.8 Å². The van der Waals surface area contributed by atoms with Gasteiger partial charge in [0.15, 0.2) is 0 Å². The van der Waals surface area contributed by atoms with Gasteiger partial charge in [0.05, 0.1) is 19.3 Å². The Morgan fingerprint density at radius 2 is 2.20 bits per heavy atom. The normalized spacial score (nSPS) is 15.3. The minimum atomic E-state index is -0.454. The van der Waals surface area contributed by atoms with Crippen LogP contribution in [0.15, 0.2) is 12.3 Å². The molecule has 82 valence electrons. The standard InChI is InChI=1S/C10H15N3O2/c1-10(2,3)15-9(14)12-6-7-13-8(12)4-5-11-13/h4-5H,6-7H2,1-3H3. The number of carbonyl (C=O) groups is 1. The van der Waals surface area contributed by atoms with Crippen molar-refractivity contribution in [3.63, 3.8) is 0 Å². The predicted octanol–water partition coefficient (Wildman–Crippen LogP) is 1.64. The van der Waals surface area contributed by atoms with Gasteiger partial charge in [0, 0.05) is 6.07 Å². The molecule has 1 aliphatic rings. The van der Waals surface area contributed by atoms with Gasteiger partial charge in [-0.1, -0.05) is 0 Å². The van der Waals surface area contributed by atoms with Gasteiger partial charge in [-0.3, -0.25) is 4.90 Å². The lowest BCUT2D eigenvalue weighted by Gasteiger charge is -2.23. The summed E-state index contributed by atoms with van der Waals surface area (Å²) in [7, 11) is 0.